The van der Waals surface area contributed by atoms with Crippen LogP contribution >= 0.6 is 0 Å². The topological polar surface area (TPSA) is 0 Å². The van der Waals surface area contributed by atoms with Gasteiger partial charge in [-0.3, -0.25) is 0 Å². The van der Waals surface area contributed by atoms with Crippen LogP contribution in [0.3, 0.4) is 0 Å². The first-order valence-corrected chi connectivity index (χ1v) is 1.91. The maximum Gasteiger partial charge on any atom is 3.00 e. The molecule has 0 fully saturated rings. The first kappa shape index (κ1) is 7.32. The van der Waals surface area contributed by atoms with E-state index in [-0.39, 0.29) is 32.7 Å². The third-order valence-corrected chi connectivity index (χ3v) is 0.607. The summed E-state index contributed by atoms with van der Waals surface area (Å²) in [7, 11) is 0. The van der Waals surface area contributed by atoms with Gasteiger partial charge in [-0.25, -0.2) is 0 Å². The van der Waals surface area contributed by atoms with Gasteiger partial charge >= 0.3 is 32.7 Å². The zero-order chi connectivity index (χ0) is 4.24. The van der Waals surface area contributed by atoms with Crippen molar-refractivity contribution in [1.29, 1.82) is 0 Å². The fraction of sp³-hybridized carbons (Fsp3) is 0. The normalized spacial score (nSPS) is 6.86. The Labute approximate surface area is 68.8 Å². The van der Waals surface area contributed by atoms with Gasteiger partial charge in [0.05, 0.1) is 0 Å². The van der Waals surface area contributed by atoms with E-state index < -0.39 is 0 Å². The quantitative estimate of drug-likeness (QED) is 0.512. The van der Waals surface area contributed by atoms with Crippen molar-refractivity contribution in [3.05, 3.63) is 36.4 Å². The van der Waals surface area contributed by atoms with Crippen LogP contribution in [0.4, 0.5) is 0 Å². The van der Waals surface area contributed by atoms with Crippen molar-refractivity contribution in [3.8, 4) is 0 Å². The molecular weight excluding hydrogens is 161 g/mol. The minimum atomic E-state index is 0. The van der Waals surface area contributed by atoms with Crippen molar-refractivity contribution in [2.45, 2.75) is 0 Å². The molecule has 1 aromatic rings. The van der Waals surface area contributed by atoms with E-state index in [1.54, 1.807) is 0 Å². The van der Waals surface area contributed by atoms with Crippen LogP contribution in [0.1, 0.15) is 0 Å². The van der Waals surface area contributed by atoms with E-state index in [9.17, 15) is 0 Å². The van der Waals surface area contributed by atoms with E-state index in [1.807, 2.05) is 30.3 Å². The number of hydrogen-bond acceptors (Lipinski definition) is 0. The van der Waals surface area contributed by atoms with E-state index in [1.165, 1.54) is 0 Å². The molecule has 0 heterocycles. The first-order valence-electron chi connectivity index (χ1n) is 1.91. The SMILES string of the molecule is [Y+3].[c-]1ccccc1. The number of benzene rings is 1. The summed E-state index contributed by atoms with van der Waals surface area (Å²) in [5.41, 5.74) is 0. The van der Waals surface area contributed by atoms with Gasteiger partial charge in [0.2, 0.25) is 0 Å². The maximum absolute atomic E-state index is 2.89. The second kappa shape index (κ2) is 4.48. The van der Waals surface area contributed by atoms with E-state index in [0.717, 1.165) is 0 Å². The Kier molecular flexibility index (Phi) is 4.69. The van der Waals surface area contributed by atoms with Crippen LogP contribution < -0.4 is 0 Å². The Morgan fingerprint density at radius 3 is 1.57 bits per heavy atom. The average Bonchev–Trinajstić information content (AvgIpc) is 1.72. The molecule has 0 radical (unpaired) electrons. The van der Waals surface area contributed by atoms with Crippen LogP contribution in [-0.2, 0) is 32.7 Å². The molecule has 30 valence electrons. The summed E-state index contributed by atoms with van der Waals surface area (Å²) in [5, 5.41) is 0. The summed E-state index contributed by atoms with van der Waals surface area (Å²) in [6, 6.07) is 12.5. The third kappa shape index (κ3) is 2.96. The van der Waals surface area contributed by atoms with Crippen molar-refractivity contribution in [1.82, 2.24) is 0 Å². The molecule has 7 heavy (non-hydrogen) atoms. The Morgan fingerprint density at radius 2 is 1.43 bits per heavy atom. The molecule has 0 aliphatic carbocycles. The molecule has 0 N–H and O–H groups in total. The minimum Gasteiger partial charge on any atom is -0.184 e. The van der Waals surface area contributed by atoms with Crippen molar-refractivity contribution in [3.63, 3.8) is 0 Å². The van der Waals surface area contributed by atoms with Crippen molar-refractivity contribution >= 4 is 0 Å². The molecule has 0 aromatic heterocycles. The Balaban J connectivity index is 0.000000360. The van der Waals surface area contributed by atoms with Gasteiger partial charge in [0.1, 0.15) is 0 Å². The van der Waals surface area contributed by atoms with Gasteiger partial charge in [0.15, 0.2) is 0 Å². The molecule has 1 rings (SSSR count). The Morgan fingerprint density at radius 1 is 0.857 bits per heavy atom. The smallest absolute Gasteiger partial charge is 0.184 e. The van der Waals surface area contributed by atoms with Gasteiger partial charge in [0.25, 0.3) is 0 Å². The zero-order valence-electron chi connectivity index (χ0n) is 3.96. The predicted molar refractivity (Wildman–Crippen MR) is 25.3 cm³/mol. The molecule has 0 unspecified atom stereocenters. The van der Waals surface area contributed by atoms with Gasteiger partial charge in [-0.05, 0) is 0 Å². The molecule has 0 saturated carbocycles. The summed E-state index contributed by atoms with van der Waals surface area (Å²) in [4.78, 5) is 0. The zero-order valence-corrected chi connectivity index (χ0v) is 6.80. The van der Waals surface area contributed by atoms with Crippen molar-refractivity contribution in [2.24, 2.45) is 0 Å². The van der Waals surface area contributed by atoms with Gasteiger partial charge in [-0.1, -0.05) is 0 Å². The molecule has 0 saturated heterocycles. The van der Waals surface area contributed by atoms with Crippen LogP contribution in [0.2, 0.25) is 0 Å². The van der Waals surface area contributed by atoms with Crippen LogP contribution in [-0.4, -0.2) is 0 Å². The Hall–Kier alpha value is 0.324. The molecule has 0 bridgehead atoms. The van der Waals surface area contributed by atoms with E-state index in [2.05, 4.69) is 6.07 Å². The summed E-state index contributed by atoms with van der Waals surface area (Å²) in [5.74, 6) is 0. The predicted octanol–water partition coefficient (Wildman–Crippen LogP) is 1.48. The van der Waals surface area contributed by atoms with Gasteiger partial charge in [-0.2, -0.15) is 36.4 Å². The molecule has 1 heteroatoms. The summed E-state index contributed by atoms with van der Waals surface area (Å²) in [6.07, 6.45) is 0. The summed E-state index contributed by atoms with van der Waals surface area (Å²) in [6.45, 7) is 0. The van der Waals surface area contributed by atoms with Crippen LogP contribution in [0.15, 0.2) is 30.3 Å². The number of hydrogen-bond donors (Lipinski definition) is 0. The average molecular weight is 166 g/mol. The van der Waals surface area contributed by atoms with E-state index >= 15 is 0 Å². The molecule has 0 spiro atoms. The molecule has 0 aliphatic rings. The fourth-order valence-corrected chi connectivity index (χ4v) is 0.342. The van der Waals surface area contributed by atoms with Crippen LogP contribution in [0, 0.1) is 6.07 Å². The van der Waals surface area contributed by atoms with Gasteiger partial charge in [-0.15, -0.1) is 0 Å². The Bertz CT molecular complexity index is 76.1. The van der Waals surface area contributed by atoms with E-state index in [4.69, 9.17) is 0 Å². The second-order valence-corrected chi connectivity index (χ2v) is 1.08. The third-order valence-electron chi connectivity index (χ3n) is 0.607. The van der Waals surface area contributed by atoms with Gasteiger partial charge < -0.3 is 0 Å². The monoisotopic (exact) mass is 166 g/mol. The first-order chi connectivity index (χ1) is 3.00. The van der Waals surface area contributed by atoms with Crippen LogP contribution in [0.25, 0.3) is 0 Å². The van der Waals surface area contributed by atoms with E-state index in [0.29, 0.717) is 0 Å². The molecule has 0 aliphatic heterocycles. The number of rotatable bonds is 0. The van der Waals surface area contributed by atoms with Gasteiger partial charge in [0, 0.05) is 0 Å². The largest absolute Gasteiger partial charge is 3.00 e. The summed E-state index contributed by atoms with van der Waals surface area (Å²) < 4.78 is 0. The molecule has 0 atom stereocenters. The molecule has 0 amide bonds. The standard InChI is InChI=1S/C6H5.Y/c1-2-4-6-5-3-1;/h1-5H;/q-1;+3. The minimum absolute atomic E-state index is 0. The maximum atomic E-state index is 2.89. The van der Waals surface area contributed by atoms with Crippen molar-refractivity contribution in [2.75, 3.05) is 0 Å². The van der Waals surface area contributed by atoms with Crippen LogP contribution in [0.5, 0.6) is 0 Å². The molecule has 1 aromatic carbocycles. The summed E-state index contributed by atoms with van der Waals surface area (Å²) >= 11 is 0. The van der Waals surface area contributed by atoms with Crippen molar-refractivity contribution < 1.29 is 32.7 Å². The molecule has 0 nitrogen and oxygen atoms in total. The fourth-order valence-electron chi connectivity index (χ4n) is 0.342. The second-order valence-electron chi connectivity index (χ2n) is 1.08. The molecular formula is C6H5Y+2.